The number of Topliss-reactive ketones (excluding diaryl/α,β-unsaturated/α-hetero) is 1. The number of halogens is 1. The van der Waals surface area contributed by atoms with E-state index in [0.717, 1.165) is 23.1 Å². The Bertz CT molecular complexity index is 909. The van der Waals surface area contributed by atoms with Gasteiger partial charge in [-0.15, -0.1) is 0 Å². The molecular weight excluding hydrogens is 434 g/mol. The number of amides is 1. The first-order chi connectivity index (χ1) is 14.0. The van der Waals surface area contributed by atoms with Gasteiger partial charge in [-0.25, -0.2) is 0 Å². The number of benzene rings is 1. The van der Waals surface area contributed by atoms with Crippen LogP contribution in [0.25, 0.3) is 5.76 Å². The highest BCUT2D eigenvalue weighted by Crippen LogP contribution is 2.39. The number of aliphatic hydroxyl groups excluding tert-OH is 1. The van der Waals surface area contributed by atoms with Gasteiger partial charge in [-0.3, -0.25) is 14.6 Å². The van der Waals surface area contributed by atoms with Crippen molar-refractivity contribution in [1.29, 1.82) is 0 Å². The van der Waals surface area contributed by atoms with Gasteiger partial charge >= 0.3 is 0 Å². The molecule has 1 saturated heterocycles. The van der Waals surface area contributed by atoms with Crippen LogP contribution in [0.2, 0.25) is 0 Å². The summed E-state index contributed by atoms with van der Waals surface area (Å²) in [5.41, 5.74) is 1.36. The lowest BCUT2D eigenvalue weighted by Crippen LogP contribution is -2.38. The summed E-state index contributed by atoms with van der Waals surface area (Å²) < 4.78 is 0.899. The molecule has 0 radical (unpaired) electrons. The van der Waals surface area contributed by atoms with Crippen molar-refractivity contribution in [2.45, 2.75) is 19.9 Å². The molecule has 2 aromatic rings. The second kappa shape index (κ2) is 9.33. The summed E-state index contributed by atoms with van der Waals surface area (Å²) in [5, 5.41) is 10.9. The Kier molecular flexibility index (Phi) is 6.82. The highest BCUT2D eigenvalue weighted by atomic mass is 79.9. The molecule has 2 heterocycles. The number of nitrogens with zero attached hydrogens (tertiary/aromatic N) is 3. The Balaban J connectivity index is 2.07. The second-order valence-corrected chi connectivity index (χ2v) is 7.72. The van der Waals surface area contributed by atoms with E-state index in [0.29, 0.717) is 18.7 Å². The van der Waals surface area contributed by atoms with Crippen LogP contribution in [0.1, 0.15) is 31.0 Å². The van der Waals surface area contributed by atoms with E-state index in [9.17, 15) is 14.7 Å². The van der Waals surface area contributed by atoms with E-state index in [1.54, 1.807) is 29.4 Å². The van der Waals surface area contributed by atoms with Crippen LogP contribution in [0, 0.1) is 0 Å². The molecular formula is C22H24BrN3O3. The standard InChI is InChI=1S/C22H24BrN3O3/c1-3-25(4-2)13-14-26-19(15-5-7-17(23)8-6-15)18(21(28)22(26)29)20(27)16-9-11-24-12-10-16/h5-12,19,27H,3-4,13-14H2,1-2H3/b20-18-. The zero-order valence-corrected chi connectivity index (χ0v) is 18.1. The van der Waals surface area contributed by atoms with Crippen LogP contribution in [-0.2, 0) is 9.59 Å². The minimum Gasteiger partial charge on any atom is -0.507 e. The maximum atomic E-state index is 12.9. The fourth-order valence-corrected chi connectivity index (χ4v) is 3.82. The normalized spacial score (nSPS) is 18.6. The highest BCUT2D eigenvalue weighted by molar-refractivity contribution is 9.10. The molecule has 1 aromatic carbocycles. The summed E-state index contributed by atoms with van der Waals surface area (Å²) in [6, 6.07) is 10.1. The molecule has 0 saturated carbocycles. The molecule has 1 aliphatic rings. The Morgan fingerprint density at radius 2 is 1.72 bits per heavy atom. The number of carbonyl (C=O) groups excluding carboxylic acids is 2. The van der Waals surface area contributed by atoms with Gasteiger partial charge in [0, 0.05) is 35.5 Å². The van der Waals surface area contributed by atoms with Crippen molar-refractivity contribution in [2.24, 2.45) is 0 Å². The third-order valence-electron chi connectivity index (χ3n) is 5.23. The molecule has 152 valence electrons. The van der Waals surface area contributed by atoms with Crippen molar-refractivity contribution in [2.75, 3.05) is 26.2 Å². The van der Waals surface area contributed by atoms with Crippen molar-refractivity contribution in [1.82, 2.24) is 14.8 Å². The predicted octanol–water partition coefficient (Wildman–Crippen LogP) is 3.61. The Morgan fingerprint density at radius 3 is 2.31 bits per heavy atom. The van der Waals surface area contributed by atoms with Crippen LogP contribution >= 0.6 is 15.9 Å². The molecule has 0 spiro atoms. The van der Waals surface area contributed by atoms with Crippen LogP contribution in [0.15, 0.2) is 58.8 Å². The Hall–Kier alpha value is -2.51. The maximum Gasteiger partial charge on any atom is 0.295 e. The topological polar surface area (TPSA) is 73.7 Å². The van der Waals surface area contributed by atoms with Crippen LogP contribution in [0.4, 0.5) is 0 Å². The number of rotatable bonds is 7. The Morgan fingerprint density at radius 1 is 1.10 bits per heavy atom. The summed E-state index contributed by atoms with van der Waals surface area (Å²) in [5.74, 6) is -1.42. The smallest absolute Gasteiger partial charge is 0.295 e. The van der Waals surface area contributed by atoms with Crippen molar-refractivity contribution in [3.63, 3.8) is 0 Å². The largest absolute Gasteiger partial charge is 0.507 e. The number of aliphatic hydroxyl groups is 1. The second-order valence-electron chi connectivity index (χ2n) is 6.81. The van der Waals surface area contributed by atoms with E-state index in [4.69, 9.17) is 0 Å². The van der Waals surface area contributed by atoms with Gasteiger partial charge in [0.2, 0.25) is 0 Å². The first-order valence-electron chi connectivity index (χ1n) is 9.64. The van der Waals surface area contributed by atoms with Crippen molar-refractivity contribution < 1.29 is 14.7 Å². The van der Waals surface area contributed by atoms with E-state index in [1.165, 1.54) is 0 Å². The van der Waals surface area contributed by atoms with Crippen molar-refractivity contribution in [3.8, 4) is 0 Å². The van der Waals surface area contributed by atoms with E-state index >= 15 is 0 Å². The summed E-state index contributed by atoms with van der Waals surface area (Å²) in [4.78, 5) is 33.5. The third kappa shape index (κ3) is 4.41. The number of hydrogen-bond donors (Lipinski definition) is 1. The molecule has 1 aromatic heterocycles. The van der Waals surface area contributed by atoms with E-state index in [2.05, 4.69) is 39.7 Å². The number of aromatic nitrogens is 1. The van der Waals surface area contributed by atoms with Gasteiger partial charge in [0.05, 0.1) is 11.6 Å². The summed E-state index contributed by atoms with van der Waals surface area (Å²) in [7, 11) is 0. The molecule has 1 atom stereocenters. The number of likely N-dealkylation sites (N-methyl/N-ethyl adjacent to an activating group) is 1. The van der Waals surface area contributed by atoms with Crippen LogP contribution in [-0.4, -0.2) is 57.8 Å². The van der Waals surface area contributed by atoms with Crippen LogP contribution in [0.3, 0.4) is 0 Å². The van der Waals surface area contributed by atoms with Crippen molar-refractivity contribution >= 4 is 33.4 Å². The summed E-state index contributed by atoms with van der Waals surface area (Å²) >= 11 is 3.42. The fourth-order valence-electron chi connectivity index (χ4n) is 3.56. The minimum atomic E-state index is -0.660. The number of carbonyl (C=O) groups is 2. The van der Waals surface area contributed by atoms with Gasteiger partial charge in [0.15, 0.2) is 0 Å². The molecule has 1 unspecified atom stereocenters. The first kappa shape index (κ1) is 21.2. The minimum absolute atomic E-state index is 0.114. The monoisotopic (exact) mass is 457 g/mol. The number of hydrogen-bond acceptors (Lipinski definition) is 5. The molecule has 6 nitrogen and oxygen atoms in total. The number of pyridine rings is 1. The quantitative estimate of drug-likeness (QED) is 0.390. The molecule has 29 heavy (non-hydrogen) atoms. The van der Waals surface area contributed by atoms with Gasteiger partial charge < -0.3 is 14.9 Å². The van der Waals surface area contributed by atoms with Crippen molar-refractivity contribution in [3.05, 3.63) is 70.0 Å². The fraction of sp³-hybridized carbons (Fsp3) is 0.318. The highest BCUT2D eigenvalue weighted by Gasteiger charge is 2.45. The van der Waals surface area contributed by atoms with Crippen LogP contribution in [0.5, 0.6) is 0 Å². The van der Waals surface area contributed by atoms with Gasteiger partial charge in [-0.2, -0.15) is 0 Å². The molecule has 1 N–H and O–H groups in total. The number of likely N-dealkylation sites (tertiary alicyclic amines) is 1. The van der Waals surface area contributed by atoms with Gasteiger partial charge in [0.1, 0.15) is 5.76 Å². The van der Waals surface area contributed by atoms with E-state index < -0.39 is 17.7 Å². The molecule has 1 aliphatic heterocycles. The molecule has 1 amide bonds. The first-order valence-corrected chi connectivity index (χ1v) is 10.4. The van der Waals surface area contributed by atoms with Crippen LogP contribution < -0.4 is 0 Å². The van der Waals surface area contributed by atoms with Gasteiger partial charge in [0.25, 0.3) is 11.7 Å². The summed E-state index contributed by atoms with van der Waals surface area (Å²) in [6.07, 6.45) is 3.08. The third-order valence-corrected chi connectivity index (χ3v) is 5.76. The average molecular weight is 458 g/mol. The lowest BCUT2D eigenvalue weighted by molar-refractivity contribution is -0.140. The molecule has 1 fully saturated rings. The average Bonchev–Trinajstić information content (AvgIpc) is 3.00. The lowest BCUT2D eigenvalue weighted by Gasteiger charge is -2.28. The Labute approximate surface area is 179 Å². The molecule has 7 heteroatoms. The predicted molar refractivity (Wildman–Crippen MR) is 115 cm³/mol. The van der Waals surface area contributed by atoms with Gasteiger partial charge in [-0.05, 0) is 42.9 Å². The molecule has 0 bridgehead atoms. The molecule has 3 rings (SSSR count). The zero-order valence-electron chi connectivity index (χ0n) is 16.5. The summed E-state index contributed by atoms with van der Waals surface area (Å²) in [6.45, 7) is 6.91. The maximum absolute atomic E-state index is 12.9. The lowest BCUT2D eigenvalue weighted by atomic mass is 9.95. The van der Waals surface area contributed by atoms with Gasteiger partial charge in [-0.1, -0.05) is 41.9 Å². The number of ketones is 1. The van der Waals surface area contributed by atoms with E-state index in [-0.39, 0.29) is 11.3 Å². The molecule has 0 aliphatic carbocycles. The van der Waals surface area contributed by atoms with E-state index in [1.807, 2.05) is 24.3 Å². The zero-order chi connectivity index (χ0) is 21.0. The SMILES string of the molecule is CCN(CC)CCN1C(=O)C(=O)/C(=C(\O)c2ccncc2)C1c1ccc(Br)cc1.